The number of carbonyl (C=O) groups is 1. The first-order valence-electron chi connectivity index (χ1n) is 6.16. The van der Waals surface area contributed by atoms with Crippen LogP contribution in [0, 0.1) is 19.8 Å². The molecule has 0 aromatic carbocycles. The van der Waals surface area contributed by atoms with E-state index < -0.39 is 0 Å². The molecule has 2 rings (SSSR count). The summed E-state index contributed by atoms with van der Waals surface area (Å²) in [6.07, 6.45) is 2.92. The lowest BCUT2D eigenvalue weighted by Gasteiger charge is -2.13. The van der Waals surface area contributed by atoms with Crippen LogP contribution < -0.4 is 0 Å². The van der Waals surface area contributed by atoms with E-state index in [-0.39, 0.29) is 5.97 Å². The van der Waals surface area contributed by atoms with Crippen molar-refractivity contribution in [3.63, 3.8) is 0 Å². The van der Waals surface area contributed by atoms with E-state index in [0.29, 0.717) is 12.5 Å². The van der Waals surface area contributed by atoms with Crippen LogP contribution in [0.25, 0.3) is 0 Å². The number of carbonyl (C=O) groups excluding carboxylic acids is 1. The van der Waals surface area contributed by atoms with Gasteiger partial charge in [0.25, 0.3) is 0 Å². The van der Waals surface area contributed by atoms with Crippen LogP contribution in [0.2, 0.25) is 0 Å². The van der Waals surface area contributed by atoms with Gasteiger partial charge < -0.3 is 4.74 Å². The second-order valence-corrected chi connectivity index (χ2v) is 4.92. The van der Waals surface area contributed by atoms with Crippen LogP contribution in [-0.4, -0.2) is 22.9 Å². The second kappa shape index (κ2) is 4.51. The summed E-state index contributed by atoms with van der Waals surface area (Å²) in [7, 11) is 1.42. The van der Waals surface area contributed by atoms with Crippen LogP contribution in [0.4, 0.5) is 0 Å². The first kappa shape index (κ1) is 12.1. The highest BCUT2D eigenvalue weighted by atomic mass is 16.5. The molecule has 1 saturated carbocycles. The average molecular weight is 236 g/mol. The number of rotatable bonds is 4. The van der Waals surface area contributed by atoms with E-state index >= 15 is 0 Å². The van der Waals surface area contributed by atoms with Crippen molar-refractivity contribution in [1.82, 2.24) is 9.78 Å². The Balaban J connectivity index is 2.24. The van der Waals surface area contributed by atoms with E-state index in [4.69, 9.17) is 4.74 Å². The molecule has 4 heteroatoms. The van der Waals surface area contributed by atoms with Gasteiger partial charge in [-0.05, 0) is 39.5 Å². The molecule has 0 saturated heterocycles. The van der Waals surface area contributed by atoms with E-state index in [1.807, 2.05) is 13.8 Å². The topological polar surface area (TPSA) is 44.1 Å². The van der Waals surface area contributed by atoms with Crippen molar-refractivity contribution >= 4 is 5.97 Å². The Kier molecular flexibility index (Phi) is 3.22. The molecular formula is C13H20N2O2. The first-order valence-corrected chi connectivity index (χ1v) is 6.16. The quantitative estimate of drug-likeness (QED) is 0.753. The largest absolute Gasteiger partial charge is 0.469 e. The first-order chi connectivity index (χ1) is 8.04. The van der Waals surface area contributed by atoms with Crippen LogP contribution in [0.15, 0.2) is 0 Å². The molecule has 1 aliphatic rings. The molecule has 0 radical (unpaired) electrons. The lowest BCUT2D eigenvalue weighted by atomic mass is 10.1. The normalized spacial score (nSPS) is 16.9. The van der Waals surface area contributed by atoms with Gasteiger partial charge in [0.2, 0.25) is 0 Å². The molecule has 1 atom stereocenters. The number of hydrogen-bond acceptors (Lipinski definition) is 3. The van der Waals surface area contributed by atoms with E-state index in [1.54, 1.807) is 0 Å². The van der Waals surface area contributed by atoms with Crippen molar-refractivity contribution in [1.29, 1.82) is 0 Å². The van der Waals surface area contributed by atoms with Crippen LogP contribution >= 0.6 is 0 Å². The van der Waals surface area contributed by atoms with Gasteiger partial charge in [0.1, 0.15) is 0 Å². The van der Waals surface area contributed by atoms with Gasteiger partial charge in [-0.1, -0.05) is 0 Å². The zero-order valence-electron chi connectivity index (χ0n) is 11.0. The van der Waals surface area contributed by atoms with Gasteiger partial charge in [0.05, 0.1) is 25.3 Å². The molecule has 1 heterocycles. The maximum absolute atomic E-state index is 11.4. The number of aryl methyl sites for hydroxylation is 1. The maximum atomic E-state index is 11.4. The lowest BCUT2D eigenvalue weighted by molar-refractivity contribution is -0.139. The van der Waals surface area contributed by atoms with E-state index in [2.05, 4.69) is 16.7 Å². The van der Waals surface area contributed by atoms with Gasteiger partial charge in [-0.15, -0.1) is 0 Å². The highest BCUT2D eigenvalue weighted by Gasteiger charge is 2.31. The molecule has 4 nitrogen and oxygen atoms in total. The molecule has 1 unspecified atom stereocenters. The van der Waals surface area contributed by atoms with E-state index in [1.165, 1.54) is 20.0 Å². The highest BCUT2D eigenvalue weighted by Crippen LogP contribution is 2.40. The molecule has 1 aliphatic carbocycles. The summed E-state index contributed by atoms with van der Waals surface area (Å²) in [5, 5.41) is 4.57. The minimum Gasteiger partial charge on any atom is -0.469 e. The van der Waals surface area contributed by atoms with Gasteiger partial charge >= 0.3 is 5.97 Å². The fourth-order valence-electron chi connectivity index (χ4n) is 2.34. The third-order valence-corrected chi connectivity index (χ3v) is 3.71. The molecule has 0 bridgehead atoms. The van der Waals surface area contributed by atoms with Gasteiger partial charge in [-0.25, -0.2) is 0 Å². The predicted octanol–water partition coefficient (Wildman–Crippen LogP) is 2.19. The Hall–Kier alpha value is -1.32. The molecule has 1 aromatic heterocycles. The fourth-order valence-corrected chi connectivity index (χ4v) is 2.34. The Morgan fingerprint density at radius 3 is 2.71 bits per heavy atom. The number of aromatic nitrogens is 2. The van der Waals surface area contributed by atoms with Gasteiger partial charge in [-0.2, -0.15) is 5.10 Å². The van der Waals surface area contributed by atoms with Crippen molar-refractivity contribution in [3.05, 3.63) is 17.0 Å². The summed E-state index contributed by atoms with van der Waals surface area (Å²) in [6.45, 7) is 6.21. The fraction of sp³-hybridized carbons (Fsp3) is 0.692. The van der Waals surface area contributed by atoms with Crippen LogP contribution in [0.3, 0.4) is 0 Å². The van der Waals surface area contributed by atoms with Gasteiger partial charge in [0.15, 0.2) is 0 Å². The molecule has 1 fully saturated rings. The molecule has 0 spiro atoms. The Labute approximate surface area is 102 Å². The summed E-state index contributed by atoms with van der Waals surface area (Å²) in [5.41, 5.74) is 3.07. The van der Waals surface area contributed by atoms with E-state index in [0.717, 1.165) is 22.9 Å². The Morgan fingerprint density at radius 2 is 2.18 bits per heavy atom. The third-order valence-electron chi connectivity index (χ3n) is 3.71. The van der Waals surface area contributed by atoms with Crippen LogP contribution in [0.1, 0.15) is 42.8 Å². The van der Waals surface area contributed by atoms with Crippen molar-refractivity contribution in [3.8, 4) is 0 Å². The highest BCUT2D eigenvalue weighted by molar-refractivity contribution is 5.73. The number of esters is 1. The van der Waals surface area contributed by atoms with Gasteiger partial charge in [-0.3, -0.25) is 9.48 Å². The minimum absolute atomic E-state index is 0.199. The third kappa shape index (κ3) is 2.35. The summed E-state index contributed by atoms with van der Waals surface area (Å²) in [6, 6.07) is 0.445. The Morgan fingerprint density at radius 1 is 1.53 bits per heavy atom. The summed E-state index contributed by atoms with van der Waals surface area (Å²) >= 11 is 0. The van der Waals surface area contributed by atoms with Crippen LogP contribution in [0.5, 0.6) is 0 Å². The SMILES string of the molecule is COC(=O)Cc1c(C)nn(C(C)C2CC2)c1C. The summed E-state index contributed by atoms with van der Waals surface area (Å²) in [5.74, 6) is 0.564. The molecule has 94 valence electrons. The second-order valence-electron chi connectivity index (χ2n) is 4.92. The molecule has 0 aliphatic heterocycles. The monoisotopic (exact) mass is 236 g/mol. The number of nitrogens with zero attached hydrogens (tertiary/aromatic N) is 2. The van der Waals surface area contributed by atoms with E-state index in [9.17, 15) is 4.79 Å². The predicted molar refractivity (Wildman–Crippen MR) is 64.9 cm³/mol. The van der Waals surface area contributed by atoms with Crippen molar-refractivity contribution in [2.75, 3.05) is 7.11 Å². The van der Waals surface area contributed by atoms with Gasteiger partial charge in [0, 0.05) is 11.3 Å². The average Bonchev–Trinajstić information content (AvgIpc) is 3.11. The zero-order valence-corrected chi connectivity index (χ0v) is 11.0. The lowest BCUT2D eigenvalue weighted by Crippen LogP contribution is -2.11. The summed E-state index contributed by atoms with van der Waals surface area (Å²) < 4.78 is 6.79. The number of methoxy groups -OCH3 is 1. The molecular weight excluding hydrogens is 216 g/mol. The Bertz CT molecular complexity index is 433. The van der Waals surface area contributed by atoms with Crippen molar-refractivity contribution in [2.45, 2.75) is 46.1 Å². The standard InChI is InChI=1S/C13H20N2O2/c1-8-12(7-13(16)17-4)10(3)15(14-8)9(2)11-5-6-11/h9,11H,5-7H2,1-4H3. The smallest absolute Gasteiger partial charge is 0.310 e. The number of ether oxygens (including phenoxy) is 1. The van der Waals surface area contributed by atoms with Crippen molar-refractivity contribution in [2.24, 2.45) is 5.92 Å². The molecule has 1 aromatic rings. The summed E-state index contributed by atoms with van der Waals surface area (Å²) in [4.78, 5) is 11.4. The maximum Gasteiger partial charge on any atom is 0.310 e. The van der Waals surface area contributed by atoms with Crippen LogP contribution in [-0.2, 0) is 16.0 Å². The molecule has 0 amide bonds. The minimum atomic E-state index is -0.199. The zero-order chi connectivity index (χ0) is 12.6. The molecule has 17 heavy (non-hydrogen) atoms. The number of hydrogen-bond donors (Lipinski definition) is 0. The van der Waals surface area contributed by atoms with Crippen molar-refractivity contribution < 1.29 is 9.53 Å². The molecule has 0 N–H and O–H groups in total.